The molecule has 0 saturated carbocycles. The summed E-state index contributed by atoms with van der Waals surface area (Å²) in [5.74, 6) is 0. The van der Waals surface area contributed by atoms with Crippen LogP contribution in [-0.2, 0) is 13.0 Å². The molecule has 104 valence electrons. The van der Waals surface area contributed by atoms with E-state index < -0.39 is 0 Å². The molecular weight excluding hydrogens is 312 g/mol. The van der Waals surface area contributed by atoms with Crippen molar-refractivity contribution >= 4 is 27.3 Å². The largest absolute Gasteiger partial charge is 0.341 e. The SMILES string of the molecule is NCc1ccc(N2CCCCc3ccccc32)cc1Br. The summed E-state index contributed by atoms with van der Waals surface area (Å²) in [7, 11) is 0. The van der Waals surface area contributed by atoms with Gasteiger partial charge in [0.15, 0.2) is 0 Å². The molecule has 0 fully saturated rings. The molecule has 0 aromatic heterocycles. The van der Waals surface area contributed by atoms with Crippen molar-refractivity contribution in [2.75, 3.05) is 11.4 Å². The summed E-state index contributed by atoms with van der Waals surface area (Å²) < 4.78 is 1.10. The smallest absolute Gasteiger partial charge is 0.0443 e. The molecule has 1 aliphatic heterocycles. The van der Waals surface area contributed by atoms with Crippen LogP contribution in [0.15, 0.2) is 46.9 Å². The highest BCUT2D eigenvalue weighted by Gasteiger charge is 2.16. The molecule has 0 unspecified atom stereocenters. The number of nitrogens with zero attached hydrogens (tertiary/aromatic N) is 1. The topological polar surface area (TPSA) is 29.3 Å². The van der Waals surface area contributed by atoms with Crippen LogP contribution in [0.4, 0.5) is 11.4 Å². The van der Waals surface area contributed by atoms with Crippen molar-refractivity contribution < 1.29 is 0 Å². The van der Waals surface area contributed by atoms with Crippen LogP contribution >= 0.6 is 15.9 Å². The van der Waals surface area contributed by atoms with E-state index in [-0.39, 0.29) is 0 Å². The van der Waals surface area contributed by atoms with Crippen LogP contribution < -0.4 is 10.6 Å². The average Bonchev–Trinajstić information content (AvgIpc) is 2.69. The van der Waals surface area contributed by atoms with Gasteiger partial charge in [0.2, 0.25) is 0 Å². The van der Waals surface area contributed by atoms with Gasteiger partial charge < -0.3 is 10.6 Å². The van der Waals surface area contributed by atoms with E-state index in [0.717, 1.165) is 16.6 Å². The van der Waals surface area contributed by atoms with E-state index >= 15 is 0 Å². The van der Waals surface area contributed by atoms with Gasteiger partial charge in [-0.3, -0.25) is 0 Å². The Kier molecular flexibility index (Phi) is 4.08. The fourth-order valence-corrected chi connectivity index (χ4v) is 3.36. The van der Waals surface area contributed by atoms with E-state index in [0.29, 0.717) is 6.54 Å². The third kappa shape index (κ3) is 2.60. The molecule has 2 aromatic rings. The maximum Gasteiger partial charge on any atom is 0.0443 e. The van der Waals surface area contributed by atoms with Crippen molar-refractivity contribution in [1.82, 2.24) is 0 Å². The third-order valence-corrected chi connectivity index (χ3v) is 4.67. The Morgan fingerprint density at radius 3 is 2.75 bits per heavy atom. The van der Waals surface area contributed by atoms with Crippen LogP contribution in [0, 0.1) is 0 Å². The number of anilines is 2. The van der Waals surface area contributed by atoms with E-state index in [2.05, 4.69) is 63.3 Å². The standard InChI is InChI=1S/C17H19BrN2/c18-16-11-15(9-8-14(16)12-19)20-10-4-3-6-13-5-1-2-7-17(13)20/h1-2,5,7-9,11H,3-4,6,10,12,19H2. The molecule has 2 aromatic carbocycles. The van der Waals surface area contributed by atoms with Crippen LogP contribution in [0.25, 0.3) is 0 Å². The molecule has 1 heterocycles. The fourth-order valence-electron chi connectivity index (χ4n) is 2.83. The first-order valence-electron chi connectivity index (χ1n) is 7.13. The molecule has 0 amide bonds. The molecule has 1 aliphatic rings. The van der Waals surface area contributed by atoms with Gasteiger partial charge in [-0.25, -0.2) is 0 Å². The van der Waals surface area contributed by atoms with E-state index in [1.165, 1.54) is 36.2 Å². The average molecular weight is 331 g/mol. The first-order chi connectivity index (χ1) is 9.79. The zero-order valence-electron chi connectivity index (χ0n) is 11.5. The van der Waals surface area contributed by atoms with Gasteiger partial charge in [0.05, 0.1) is 0 Å². The van der Waals surface area contributed by atoms with Gasteiger partial charge in [-0.1, -0.05) is 40.2 Å². The Balaban J connectivity index is 2.03. The van der Waals surface area contributed by atoms with Crippen LogP contribution in [0.3, 0.4) is 0 Å². The number of rotatable bonds is 2. The summed E-state index contributed by atoms with van der Waals surface area (Å²) in [5.41, 5.74) is 10.9. The van der Waals surface area contributed by atoms with E-state index in [1.807, 2.05) is 0 Å². The van der Waals surface area contributed by atoms with Gasteiger partial charge in [-0.05, 0) is 48.6 Å². The highest BCUT2D eigenvalue weighted by molar-refractivity contribution is 9.10. The van der Waals surface area contributed by atoms with Gasteiger partial charge in [0.1, 0.15) is 0 Å². The summed E-state index contributed by atoms with van der Waals surface area (Å²) in [6.45, 7) is 1.64. The van der Waals surface area contributed by atoms with E-state index in [4.69, 9.17) is 5.73 Å². The molecule has 2 N–H and O–H groups in total. The highest BCUT2D eigenvalue weighted by atomic mass is 79.9. The summed E-state index contributed by atoms with van der Waals surface area (Å²) in [4.78, 5) is 2.42. The maximum absolute atomic E-state index is 5.74. The highest BCUT2D eigenvalue weighted by Crippen LogP contribution is 2.34. The lowest BCUT2D eigenvalue weighted by molar-refractivity contribution is 0.761. The van der Waals surface area contributed by atoms with Crippen LogP contribution in [0.2, 0.25) is 0 Å². The van der Waals surface area contributed by atoms with Gasteiger partial charge in [-0.2, -0.15) is 0 Å². The predicted octanol–water partition coefficient (Wildman–Crippen LogP) is 4.38. The minimum atomic E-state index is 0.567. The molecule has 0 bridgehead atoms. The molecule has 0 radical (unpaired) electrons. The van der Waals surface area contributed by atoms with E-state index in [1.54, 1.807) is 0 Å². The zero-order chi connectivity index (χ0) is 13.9. The number of hydrogen-bond acceptors (Lipinski definition) is 2. The number of fused-ring (bicyclic) bond motifs is 1. The molecule has 20 heavy (non-hydrogen) atoms. The predicted molar refractivity (Wildman–Crippen MR) is 88.4 cm³/mol. The molecule has 0 atom stereocenters. The number of para-hydroxylation sites is 1. The lowest BCUT2D eigenvalue weighted by Crippen LogP contribution is -2.18. The van der Waals surface area contributed by atoms with Crippen molar-refractivity contribution in [3.05, 3.63) is 58.1 Å². The monoisotopic (exact) mass is 330 g/mol. The van der Waals surface area contributed by atoms with Gasteiger partial charge in [0.25, 0.3) is 0 Å². The van der Waals surface area contributed by atoms with Gasteiger partial charge in [-0.15, -0.1) is 0 Å². The number of aryl methyl sites for hydroxylation is 1. The molecule has 3 rings (SSSR count). The second kappa shape index (κ2) is 5.98. The number of benzene rings is 2. The van der Waals surface area contributed by atoms with Crippen LogP contribution in [0.1, 0.15) is 24.0 Å². The Morgan fingerprint density at radius 1 is 1.10 bits per heavy atom. The van der Waals surface area contributed by atoms with Crippen molar-refractivity contribution in [3.63, 3.8) is 0 Å². The first kappa shape index (κ1) is 13.7. The molecule has 3 heteroatoms. The molecule has 2 nitrogen and oxygen atoms in total. The maximum atomic E-state index is 5.74. The summed E-state index contributed by atoms with van der Waals surface area (Å²) in [6, 6.07) is 15.2. The summed E-state index contributed by atoms with van der Waals surface area (Å²) in [5, 5.41) is 0. The Labute approximate surface area is 128 Å². The Bertz CT molecular complexity index is 610. The molecule has 0 aliphatic carbocycles. The fraction of sp³-hybridized carbons (Fsp3) is 0.294. The van der Waals surface area contributed by atoms with Gasteiger partial charge in [0, 0.05) is 28.9 Å². The summed E-state index contributed by atoms with van der Waals surface area (Å²) in [6.07, 6.45) is 3.66. The number of nitrogens with two attached hydrogens (primary N) is 1. The van der Waals surface area contributed by atoms with Crippen molar-refractivity contribution in [1.29, 1.82) is 0 Å². The van der Waals surface area contributed by atoms with Crippen molar-refractivity contribution in [3.8, 4) is 0 Å². The Morgan fingerprint density at radius 2 is 1.95 bits per heavy atom. The minimum Gasteiger partial charge on any atom is -0.341 e. The zero-order valence-corrected chi connectivity index (χ0v) is 13.1. The number of hydrogen-bond donors (Lipinski definition) is 1. The second-order valence-electron chi connectivity index (χ2n) is 5.22. The lowest BCUT2D eigenvalue weighted by Gasteiger charge is -2.25. The molecular formula is C17H19BrN2. The first-order valence-corrected chi connectivity index (χ1v) is 7.93. The number of halogens is 1. The van der Waals surface area contributed by atoms with Gasteiger partial charge >= 0.3 is 0 Å². The Hall–Kier alpha value is -1.32. The summed E-state index contributed by atoms with van der Waals surface area (Å²) >= 11 is 3.63. The van der Waals surface area contributed by atoms with E-state index in [9.17, 15) is 0 Å². The molecule has 0 spiro atoms. The van der Waals surface area contributed by atoms with Crippen molar-refractivity contribution in [2.45, 2.75) is 25.8 Å². The second-order valence-corrected chi connectivity index (χ2v) is 6.07. The molecule has 0 saturated heterocycles. The third-order valence-electron chi connectivity index (χ3n) is 3.93. The van der Waals surface area contributed by atoms with Crippen LogP contribution in [0.5, 0.6) is 0 Å². The van der Waals surface area contributed by atoms with Crippen LogP contribution in [-0.4, -0.2) is 6.54 Å². The van der Waals surface area contributed by atoms with Crippen molar-refractivity contribution in [2.24, 2.45) is 5.73 Å². The normalized spacial score (nSPS) is 14.8. The minimum absolute atomic E-state index is 0.567. The quantitative estimate of drug-likeness (QED) is 0.885. The lowest BCUT2D eigenvalue weighted by atomic mass is 10.1.